The second-order valence-electron chi connectivity index (χ2n) is 12.5. The van der Waals surface area contributed by atoms with E-state index in [9.17, 15) is 27.2 Å². The fraction of sp³-hybridized carbons (Fsp3) is 0.765. The zero-order valence-electron chi connectivity index (χ0n) is 29.3. The van der Waals surface area contributed by atoms with Gasteiger partial charge in [0.1, 0.15) is 0 Å². The number of ether oxygens (including phenoxy) is 8. The summed E-state index contributed by atoms with van der Waals surface area (Å²) in [6.45, 7) is 13.9. The predicted octanol–water partition coefficient (Wildman–Crippen LogP) is 4.64. The van der Waals surface area contributed by atoms with Crippen LogP contribution in [0.4, 0.5) is 17.6 Å². The number of benzene rings is 1. The van der Waals surface area contributed by atoms with Gasteiger partial charge < -0.3 is 42.8 Å². The summed E-state index contributed by atoms with van der Waals surface area (Å²) in [5.74, 6) is -8.52. The Bertz CT molecular complexity index is 1080. The minimum Gasteiger partial charge on any atom is -0.420 e. The monoisotopic (exact) mass is 711 g/mol. The largest absolute Gasteiger partial charge is 0.420 e. The molecule has 1 heterocycles. The number of esters is 1. The Morgan fingerprint density at radius 1 is 0.592 bits per heavy atom. The van der Waals surface area contributed by atoms with Gasteiger partial charge in [0.15, 0.2) is 11.6 Å². The van der Waals surface area contributed by atoms with Gasteiger partial charge >= 0.3 is 5.97 Å². The molecule has 1 aromatic carbocycles. The smallest absolute Gasteiger partial charge is 0.313 e. The quantitative estimate of drug-likeness (QED) is 0.0468. The zero-order valence-corrected chi connectivity index (χ0v) is 29.3. The van der Waals surface area contributed by atoms with Crippen LogP contribution in [0.2, 0.25) is 0 Å². The molecule has 0 N–H and O–H groups in total. The molecule has 0 aliphatic carbocycles. The van der Waals surface area contributed by atoms with Gasteiger partial charge in [0.25, 0.3) is 0 Å². The first-order chi connectivity index (χ1) is 23.4. The summed E-state index contributed by atoms with van der Waals surface area (Å²) < 4.78 is 96.9. The summed E-state index contributed by atoms with van der Waals surface area (Å²) in [4.78, 5) is 26.1. The van der Waals surface area contributed by atoms with Crippen LogP contribution in [0.1, 0.15) is 52.0 Å². The third-order valence-electron chi connectivity index (χ3n) is 7.87. The van der Waals surface area contributed by atoms with E-state index in [1.54, 1.807) is 0 Å². The van der Waals surface area contributed by atoms with E-state index >= 15 is 0 Å². The zero-order chi connectivity index (χ0) is 36.1. The maximum Gasteiger partial charge on any atom is 0.313 e. The molecule has 1 aromatic rings. The molecule has 49 heavy (non-hydrogen) atoms. The number of rotatable bonds is 25. The van der Waals surface area contributed by atoms with Crippen molar-refractivity contribution >= 4 is 11.9 Å². The Hall–Kier alpha value is -2.40. The van der Waals surface area contributed by atoms with Crippen LogP contribution < -0.4 is 4.74 Å². The van der Waals surface area contributed by atoms with Gasteiger partial charge in [-0.3, -0.25) is 9.59 Å². The Labute approximate surface area is 286 Å². The van der Waals surface area contributed by atoms with Crippen molar-refractivity contribution in [1.82, 2.24) is 4.90 Å². The molecule has 1 fully saturated rings. The summed E-state index contributed by atoms with van der Waals surface area (Å²) in [5.41, 5.74) is -0.555. The highest BCUT2D eigenvalue weighted by Crippen LogP contribution is 2.34. The van der Waals surface area contributed by atoms with Gasteiger partial charge in [-0.25, -0.2) is 8.78 Å². The number of hydrogen-bond acceptors (Lipinski definition) is 10. The first kappa shape index (κ1) is 42.8. The van der Waals surface area contributed by atoms with E-state index in [-0.39, 0.29) is 25.7 Å². The Morgan fingerprint density at radius 3 is 1.31 bits per heavy atom. The fourth-order valence-electron chi connectivity index (χ4n) is 4.87. The fourth-order valence-corrected chi connectivity index (χ4v) is 4.87. The third kappa shape index (κ3) is 16.9. The molecule has 1 saturated heterocycles. The van der Waals surface area contributed by atoms with Gasteiger partial charge in [0.2, 0.25) is 23.3 Å². The Balaban J connectivity index is 1.28. The number of carbonyl (C=O) groups excluding carboxylic acids is 2. The van der Waals surface area contributed by atoms with Crippen LogP contribution in [0, 0.1) is 41.5 Å². The van der Waals surface area contributed by atoms with E-state index in [2.05, 4.69) is 25.5 Å². The van der Waals surface area contributed by atoms with Crippen molar-refractivity contribution in [2.24, 2.45) is 11.3 Å². The highest BCUT2D eigenvalue weighted by atomic mass is 19.2. The lowest BCUT2D eigenvalue weighted by Crippen LogP contribution is -2.41. The maximum absolute atomic E-state index is 13.8. The second kappa shape index (κ2) is 23.9. The summed E-state index contributed by atoms with van der Waals surface area (Å²) >= 11 is 0. The van der Waals surface area contributed by atoms with E-state index in [0.29, 0.717) is 90.4 Å². The molecular weight excluding hydrogens is 658 g/mol. The predicted molar refractivity (Wildman–Crippen MR) is 170 cm³/mol. The molecular formula is C34H53F4NO10. The lowest BCUT2D eigenvalue weighted by Gasteiger charge is -2.38. The molecule has 0 spiro atoms. The number of likely N-dealkylation sites (tertiary alicyclic amines) is 1. The number of amides is 1. The van der Waals surface area contributed by atoms with Crippen molar-refractivity contribution in [3.8, 4) is 5.75 Å². The third-order valence-corrected chi connectivity index (χ3v) is 7.87. The highest BCUT2D eigenvalue weighted by Gasteiger charge is 2.30. The molecule has 1 amide bonds. The van der Waals surface area contributed by atoms with Crippen LogP contribution >= 0.6 is 0 Å². The van der Waals surface area contributed by atoms with Crippen LogP contribution in [0.5, 0.6) is 5.75 Å². The summed E-state index contributed by atoms with van der Waals surface area (Å²) in [7, 11) is 0. The van der Waals surface area contributed by atoms with Crippen LogP contribution in [-0.4, -0.2) is 122 Å². The van der Waals surface area contributed by atoms with Crippen molar-refractivity contribution in [2.45, 2.75) is 53.4 Å². The highest BCUT2D eigenvalue weighted by molar-refractivity contribution is 5.76. The van der Waals surface area contributed by atoms with Gasteiger partial charge in [-0.15, -0.1) is 0 Å². The van der Waals surface area contributed by atoms with Crippen molar-refractivity contribution in [1.29, 1.82) is 0 Å². The molecule has 1 aliphatic heterocycles. The van der Waals surface area contributed by atoms with E-state index < -0.39 is 47.0 Å². The molecule has 0 unspecified atom stereocenters. The standard InChI is InChI=1S/C34H53F4NO10/c1-25-29(35)31(37)33(32(38)30(25)36)49-28(41)8-12-43-14-16-45-18-20-47-22-24-48-23-21-46-19-17-44-15-13-42-11-7-27(40)39-9-5-26(6-10-39)34(2,3)4/h26H,5-24H2,1-4H3. The average molecular weight is 712 g/mol. The van der Waals surface area contributed by atoms with Crippen molar-refractivity contribution in [3.05, 3.63) is 28.8 Å². The van der Waals surface area contributed by atoms with E-state index in [1.165, 1.54) is 0 Å². The SMILES string of the molecule is Cc1c(F)c(F)c(OC(=O)CCOCCOCCOCCOCCOCCOCCOCCC(=O)N2CCC(C(C)(C)C)CC2)c(F)c1F. The minimum absolute atomic E-state index is 0.130. The molecule has 0 saturated carbocycles. The van der Waals surface area contributed by atoms with Crippen LogP contribution in [0.3, 0.4) is 0 Å². The molecule has 1 aliphatic rings. The van der Waals surface area contributed by atoms with Crippen LogP contribution in [0.25, 0.3) is 0 Å². The second-order valence-corrected chi connectivity index (χ2v) is 12.5. The van der Waals surface area contributed by atoms with E-state index in [0.717, 1.165) is 32.9 Å². The van der Waals surface area contributed by atoms with Gasteiger partial charge in [-0.05, 0) is 31.1 Å². The minimum atomic E-state index is -1.78. The number of halogens is 4. The number of carbonyl (C=O) groups is 2. The first-order valence-corrected chi connectivity index (χ1v) is 16.8. The van der Waals surface area contributed by atoms with Gasteiger partial charge in [0, 0.05) is 18.7 Å². The number of nitrogens with zero attached hydrogens (tertiary/aromatic N) is 1. The van der Waals surface area contributed by atoms with E-state index in [4.69, 9.17) is 33.2 Å². The molecule has 0 radical (unpaired) electrons. The van der Waals surface area contributed by atoms with Crippen molar-refractivity contribution < 1.29 is 65.0 Å². The van der Waals surface area contributed by atoms with Crippen molar-refractivity contribution in [2.75, 3.05) is 106 Å². The van der Waals surface area contributed by atoms with Gasteiger partial charge in [0.05, 0.1) is 105 Å². The number of piperidine rings is 1. The number of hydrogen-bond donors (Lipinski definition) is 0. The maximum atomic E-state index is 13.8. The van der Waals surface area contributed by atoms with Gasteiger partial charge in [-0.1, -0.05) is 20.8 Å². The lowest BCUT2D eigenvalue weighted by molar-refractivity contribution is -0.136. The Morgan fingerprint density at radius 2 is 0.939 bits per heavy atom. The Kier molecular flexibility index (Phi) is 20.9. The first-order valence-electron chi connectivity index (χ1n) is 16.8. The molecule has 15 heteroatoms. The molecule has 0 aromatic heterocycles. The van der Waals surface area contributed by atoms with Crippen LogP contribution in [0.15, 0.2) is 0 Å². The lowest BCUT2D eigenvalue weighted by atomic mass is 9.75. The average Bonchev–Trinajstić information content (AvgIpc) is 3.08. The van der Waals surface area contributed by atoms with E-state index in [1.807, 2.05) is 4.90 Å². The summed E-state index contributed by atoms with van der Waals surface area (Å²) in [6, 6.07) is 0. The van der Waals surface area contributed by atoms with Crippen LogP contribution in [-0.2, 0) is 42.7 Å². The molecule has 2 rings (SSSR count). The summed E-state index contributed by atoms with van der Waals surface area (Å²) in [5, 5.41) is 0. The molecule has 282 valence electrons. The summed E-state index contributed by atoms with van der Waals surface area (Å²) in [6.07, 6.45) is 2.13. The molecule has 11 nitrogen and oxygen atoms in total. The normalized spacial score (nSPS) is 14.1. The van der Waals surface area contributed by atoms with Crippen molar-refractivity contribution in [3.63, 3.8) is 0 Å². The topological polar surface area (TPSA) is 111 Å². The molecule has 0 bridgehead atoms. The van der Waals surface area contributed by atoms with Gasteiger partial charge in [-0.2, -0.15) is 8.78 Å². The molecule has 0 atom stereocenters.